The molecule has 2 heterocycles. The molecule has 0 saturated carbocycles. The van der Waals surface area contributed by atoms with E-state index >= 15 is 0 Å². The number of nitrogens with zero attached hydrogens (tertiary/aromatic N) is 1. The van der Waals surface area contributed by atoms with Gasteiger partial charge in [-0.05, 0) is 23.8 Å². The van der Waals surface area contributed by atoms with Gasteiger partial charge < -0.3 is 15.0 Å². The van der Waals surface area contributed by atoms with Crippen LogP contribution in [-0.2, 0) is 17.8 Å². The Morgan fingerprint density at radius 1 is 1.15 bits per heavy atom. The molecular weight excluding hydrogens is 346 g/mol. The van der Waals surface area contributed by atoms with E-state index in [-0.39, 0.29) is 5.91 Å². The zero-order chi connectivity index (χ0) is 17.8. The normalized spacial score (nSPS) is 10.8. The third kappa shape index (κ3) is 3.60. The molecule has 0 spiro atoms. The number of anilines is 1. The van der Waals surface area contributed by atoms with Crippen LogP contribution in [0.1, 0.15) is 11.3 Å². The molecule has 0 aliphatic carbocycles. The second-order valence-electron chi connectivity index (χ2n) is 5.85. The van der Waals surface area contributed by atoms with Crippen molar-refractivity contribution in [1.29, 1.82) is 0 Å². The van der Waals surface area contributed by atoms with E-state index in [2.05, 4.69) is 15.3 Å². The summed E-state index contributed by atoms with van der Waals surface area (Å²) in [5, 5.41) is 5.96. The van der Waals surface area contributed by atoms with Crippen LogP contribution in [0.25, 0.3) is 10.9 Å². The number of aromatic nitrogens is 2. The second kappa shape index (κ2) is 7.41. The number of amides is 1. The number of nitrogens with one attached hydrogen (secondary N) is 2. The Morgan fingerprint density at radius 2 is 2.00 bits per heavy atom. The topological polar surface area (TPSA) is 67.0 Å². The zero-order valence-electron chi connectivity index (χ0n) is 13.9. The Hall–Kier alpha value is -3.12. The minimum absolute atomic E-state index is 0.0838. The monoisotopic (exact) mass is 363 g/mol. The SMILES string of the molecule is O=C(Cc1c[nH]c2ccccc12)Nc1ccccc1OCc1cscn1. The van der Waals surface area contributed by atoms with Crippen LogP contribution >= 0.6 is 11.3 Å². The minimum atomic E-state index is -0.0838. The Bertz CT molecular complexity index is 1020. The fourth-order valence-corrected chi connectivity index (χ4v) is 3.34. The van der Waals surface area contributed by atoms with Crippen molar-refractivity contribution in [3.05, 3.63) is 76.9 Å². The first-order chi connectivity index (χ1) is 12.8. The number of carbonyl (C=O) groups excluding carboxylic acids is 1. The molecule has 130 valence electrons. The average molecular weight is 363 g/mol. The number of H-pyrrole nitrogens is 1. The van der Waals surface area contributed by atoms with Gasteiger partial charge in [-0.25, -0.2) is 4.98 Å². The van der Waals surface area contributed by atoms with E-state index in [1.54, 1.807) is 5.51 Å². The number of fused-ring (bicyclic) bond motifs is 1. The molecule has 0 fully saturated rings. The number of hydrogen-bond donors (Lipinski definition) is 2. The number of rotatable bonds is 6. The third-order valence-electron chi connectivity index (χ3n) is 4.05. The molecule has 0 aliphatic heterocycles. The molecule has 2 N–H and O–H groups in total. The van der Waals surface area contributed by atoms with Gasteiger partial charge >= 0.3 is 0 Å². The summed E-state index contributed by atoms with van der Waals surface area (Å²) in [6.07, 6.45) is 2.18. The van der Waals surface area contributed by atoms with Crippen molar-refractivity contribution in [2.45, 2.75) is 13.0 Å². The molecule has 0 unspecified atom stereocenters. The van der Waals surface area contributed by atoms with E-state index in [1.165, 1.54) is 11.3 Å². The molecule has 0 bridgehead atoms. The zero-order valence-corrected chi connectivity index (χ0v) is 14.8. The van der Waals surface area contributed by atoms with Crippen LogP contribution < -0.4 is 10.1 Å². The van der Waals surface area contributed by atoms with Crippen LogP contribution in [0.4, 0.5) is 5.69 Å². The fraction of sp³-hybridized carbons (Fsp3) is 0.100. The number of ether oxygens (including phenoxy) is 1. The first-order valence-corrected chi connectivity index (χ1v) is 9.17. The Balaban J connectivity index is 1.45. The van der Waals surface area contributed by atoms with E-state index in [0.717, 1.165) is 22.2 Å². The van der Waals surface area contributed by atoms with Crippen molar-refractivity contribution in [2.75, 3.05) is 5.32 Å². The predicted molar refractivity (Wildman–Crippen MR) is 104 cm³/mol. The molecule has 2 aromatic carbocycles. The van der Waals surface area contributed by atoms with Gasteiger partial charge in [0.25, 0.3) is 0 Å². The van der Waals surface area contributed by atoms with Crippen LogP contribution in [0.3, 0.4) is 0 Å². The summed E-state index contributed by atoms with van der Waals surface area (Å²) in [4.78, 5) is 19.9. The van der Waals surface area contributed by atoms with Crippen molar-refractivity contribution in [1.82, 2.24) is 9.97 Å². The number of benzene rings is 2. The van der Waals surface area contributed by atoms with Crippen molar-refractivity contribution in [3.63, 3.8) is 0 Å². The van der Waals surface area contributed by atoms with Crippen LogP contribution in [-0.4, -0.2) is 15.9 Å². The predicted octanol–water partition coefficient (Wildman–Crippen LogP) is 4.38. The highest BCUT2D eigenvalue weighted by Gasteiger charge is 2.11. The molecule has 0 aliphatic rings. The molecule has 5 nitrogen and oxygen atoms in total. The number of carbonyl (C=O) groups is 1. The number of para-hydroxylation sites is 3. The summed E-state index contributed by atoms with van der Waals surface area (Å²) in [6.45, 7) is 0.374. The van der Waals surface area contributed by atoms with Crippen LogP contribution in [0, 0.1) is 0 Å². The van der Waals surface area contributed by atoms with E-state index < -0.39 is 0 Å². The Morgan fingerprint density at radius 3 is 2.88 bits per heavy atom. The van der Waals surface area contributed by atoms with Gasteiger partial charge in [0, 0.05) is 22.5 Å². The Labute approximate surface area is 154 Å². The highest BCUT2D eigenvalue weighted by Crippen LogP contribution is 2.25. The molecule has 4 aromatic rings. The molecule has 4 rings (SSSR count). The second-order valence-corrected chi connectivity index (χ2v) is 6.57. The third-order valence-corrected chi connectivity index (χ3v) is 4.68. The van der Waals surface area contributed by atoms with Crippen molar-refractivity contribution < 1.29 is 9.53 Å². The van der Waals surface area contributed by atoms with Crippen LogP contribution in [0.15, 0.2) is 65.6 Å². The lowest BCUT2D eigenvalue weighted by Crippen LogP contribution is -2.15. The Kier molecular flexibility index (Phi) is 4.66. The summed E-state index contributed by atoms with van der Waals surface area (Å²) in [5.74, 6) is 0.548. The lowest BCUT2D eigenvalue weighted by Gasteiger charge is -2.11. The van der Waals surface area contributed by atoms with Gasteiger partial charge in [0.1, 0.15) is 12.4 Å². The average Bonchev–Trinajstić information content (AvgIpc) is 3.31. The first kappa shape index (κ1) is 16.4. The fourth-order valence-electron chi connectivity index (χ4n) is 2.80. The maximum atomic E-state index is 12.5. The summed E-state index contributed by atoms with van der Waals surface area (Å²) in [6, 6.07) is 15.4. The molecule has 0 saturated heterocycles. The van der Waals surface area contributed by atoms with Crippen molar-refractivity contribution in [3.8, 4) is 5.75 Å². The molecule has 26 heavy (non-hydrogen) atoms. The molecule has 0 radical (unpaired) electrons. The van der Waals surface area contributed by atoms with Gasteiger partial charge in [-0.3, -0.25) is 4.79 Å². The lowest BCUT2D eigenvalue weighted by molar-refractivity contribution is -0.115. The molecule has 1 amide bonds. The van der Waals surface area contributed by atoms with E-state index in [0.29, 0.717) is 24.5 Å². The van der Waals surface area contributed by atoms with Gasteiger partial charge in [-0.15, -0.1) is 11.3 Å². The highest BCUT2D eigenvalue weighted by atomic mass is 32.1. The summed E-state index contributed by atoms with van der Waals surface area (Å²) >= 11 is 1.53. The quantitative estimate of drug-likeness (QED) is 0.534. The van der Waals surface area contributed by atoms with Crippen molar-refractivity contribution >= 4 is 33.8 Å². The molecule has 6 heteroatoms. The maximum Gasteiger partial charge on any atom is 0.228 e. The molecule has 0 atom stereocenters. The van der Waals surface area contributed by atoms with Gasteiger partial charge in [0.2, 0.25) is 5.91 Å². The largest absolute Gasteiger partial charge is 0.485 e. The number of aromatic amines is 1. The van der Waals surface area contributed by atoms with Crippen molar-refractivity contribution in [2.24, 2.45) is 0 Å². The number of hydrogen-bond acceptors (Lipinski definition) is 4. The highest BCUT2D eigenvalue weighted by molar-refractivity contribution is 7.07. The van der Waals surface area contributed by atoms with Gasteiger partial charge in [0.15, 0.2) is 0 Å². The lowest BCUT2D eigenvalue weighted by atomic mass is 10.1. The first-order valence-electron chi connectivity index (χ1n) is 8.23. The van der Waals surface area contributed by atoms with Gasteiger partial charge in [-0.1, -0.05) is 30.3 Å². The van der Waals surface area contributed by atoms with E-state index in [1.807, 2.05) is 60.1 Å². The van der Waals surface area contributed by atoms with Crippen LogP contribution in [0.5, 0.6) is 5.75 Å². The standard InChI is InChI=1S/C20H17N3O2S/c24-20(9-14-10-21-17-6-2-1-5-16(14)17)23-18-7-3-4-8-19(18)25-11-15-12-26-13-22-15/h1-8,10,12-13,21H,9,11H2,(H,23,24). The smallest absolute Gasteiger partial charge is 0.228 e. The minimum Gasteiger partial charge on any atom is -0.485 e. The van der Waals surface area contributed by atoms with Gasteiger partial charge in [-0.2, -0.15) is 0 Å². The summed E-state index contributed by atoms with van der Waals surface area (Å²) in [5.41, 5.74) is 5.30. The number of thiazole rings is 1. The summed E-state index contributed by atoms with van der Waals surface area (Å²) < 4.78 is 5.81. The van der Waals surface area contributed by atoms with E-state index in [4.69, 9.17) is 4.74 Å². The molecule has 2 aromatic heterocycles. The van der Waals surface area contributed by atoms with Gasteiger partial charge in [0.05, 0.1) is 23.3 Å². The van der Waals surface area contributed by atoms with E-state index in [9.17, 15) is 4.79 Å². The van der Waals surface area contributed by atoms with Crippen LogP contribution in [0.2, 0.25) is 0 Å². The molecular formula is C20H17N3O2S. The summed E-state index contributed by atoms with van der Waals surface area (Å²) in [7, 11) is 0. The maximum absolute atomic E-state index is 12.5.